The SMILES string of the molecule is CC1C2C3C4C(CC24CO)C13NC(=O)OC(C)(C)C. The molecule has 4 fully saturated rings. The van der Waals surface area contributed by atoms with E-state index < -0.39 is 5.60 Å². The third-order valence-electron chi connectivity index (χ3n) is 6.60. The minimum atomic E-state index is -0.440. The molecule has 0 aromatic rings. The zero-order valence-corrected chi connectivity index (χ0v) is 12.1. The van der Waals surface area contributed by atoms with Gasteiger partial charge in [0.25, 0.3) is 0 Å². The fourth-order valence-electron chi connectivity index (χ4n) is 6.20. The average Bonchev–Trinajstić information content (AvgIpc) is 2.26. The van der Waals surface area contributed by atoms with Crippen molar-refractivity contribution in [3.63, 3.8) is 0 Å². The van der Waals surface area contributed by atoms with Crippen molar-refractivity contribution in [2.75, 3.05) is 6.61 Å². The standard InChI is InChI=1S/C15H23NO3/c1-7-9-11-10-8(5-14(9,10)6-17)15(7,11)16-12(18)19-13(2,3)4/h7-11,17H,5-6H2,1-4H3,(H,16,18). The lowest BCUT2D eigenvalue weighted by Crippen LogP contribution is -3.01. The predicted molar refractivity (Wildman–Crippen MR) is 69.4 cm³/mol. The summed E-state index contributed by atoms with van der Waals surface area (Å²) in [7, 11) is 0. The van der Waals surface area contributed by atoms with Crippen LogP contribution in [0.25, 0.3) is 0 Å². The summed E-state index contributed by atoms with van der Waals surface area (Å²) in [5.41, 5.74) is -0.217. The van der Waals surface area contributed by atoms with Crippen molar-refractivity contribution in [2.24, 2.45) is 35.0 Å². The molecule has 0 radical (unpaired) electrons. The third kappa shape index (κ3) is 1.000. The van der Waals surface area contributed by atoms with Gasteiger partial charge in [-0.3, -0.25) is 0 Å². The number of alkyl carbamates (subject to hydrolysis) is 1. The summed E-state index contributed by atoms with van der Waals surface area (Å²) in [6.45, 7) is 8.24. The predicted octanol–water partition coefficient (Wildman–Crippen LogP) is 1.77. The molecule has 0 saturated heterocycles. The summed E-state index contributed by atoms with van der Waals surface area (Å²) >= 11 is 0. The van der Waals surface area contributed by atoms with Gasteiger partial charge in [0, 0.05) is 12.0 Å². The maximum atomic E-state index is 12.0. The van der Waals surface area contributed by atoms with Gasteiger partial charge in [0.15, 0.2) is 0 Å². The largest absolute Gasteiger partial charge is 0.444 e. The highest BCUT2D eigenvalue weighted by atomic mass is 16.6. The van der Waals surface area contributed by atoms with Crippen LogP contribution >= 0.6 is 0 Å². The Kier molecular flexibility index (Phi) is 1.86. The summed E-state index contributed by atoms with van der Waals surface area (Å²) in [6, 6.07) is 0. The van der Waals surface area contributed by atoms with Gasteiger partial charge >= 0.3 is 6.09 Å². The summed E-state index contributed by atoms with van der Waals surface area (Å²) in [6.07, 6.45) is 0.819. The Balaban J connectivity index is 1.49. The van der Waals surface area contributed by atoms with Gasteiger partial charge in [-0.1, -0.05) is 6.92 Å². The van der Waals surface area contributed by atoms with Crippen molar-refractivity contribution in [1.29, 1.82) is 0 Å². The number of aliphatic hydroxyl groups is 1. The number of nitrogens with one attached hydrogen (secondary N) is 1. The molecule has 0 spiro atoms. The van der Waals surface area contributed by atoms with Crippen molar-refractivity contribution in [3.8, 4) is 0 Å². The van der Waals surface area contributed by atoms with E-state index in [0.717, 1.165) is 6.42 Å². The second-order valence-corrected chi connectivity index (χ2v) is 8.13. The van der Waals surface area contributed by atoms with Gasteiger partial charge in [-0.15, -0.1) is 0 Å². The van der Waals surface area contributed by atoms with Gasteiger partial charge in [-0.25, -0.2) is 4.79 Å². The van der Waals surface area contributed by atoms with Crippen molar-refractivity contribution in [3.05, 3.63) is 0 Å². The van der Waals surface area contributed by atoms with E-state index >= 15 is 0 Å². The normalized spacial score (nSPS) is 55.7. The second-order valence-electron chi connectivity index (χ2n) is 8.13. The Hall–Kier alpha value is -0.770. The van der Waals surface area contributed by atoms with Crippen LogP contribution in [0.15, 0.2) is 0 Å². The molecule has 0 heterocycles. The zero-order valence-electron chi connectivity index (χ0n) is 12.1. The zero-order chi connectivity index (χ0) is 13.8. The molecule has 4 heteroatoms. The molecule has 19 heavy (non-hydrogen) atoms. The summed E-state index contributed by atoms with van der Waals surface area (Å²) < 4.78 is 5.41. The molecule has 4 saturated carbocycles. The van der Waals surface area contributed by atoms with E-state index in [1.54, 1.807) is 0 Å². The van der Waals surface area contributed by atoms with Gasteiger partial charge in [-0.2, -0.15) is 0 Å². The lowest BCUT2D eigenvalue weighted by Gasteiger charge is -2.96. The van der Waals surface area contributed by atoms with Crippen LogP contribution in [0.1, 0.15) is 34.1 Å². The first-order valence-electron chi connectivity index (χ1n) is 7.40. The molecule has 0 bridgehead atoms. The first kappa shape index (κ1) is 12.0. The maximum absolute atomic E-state index is 12.0. The number of aliphatic hydroxyl groups excluding tert-OH is 1. The van der Waals surface area contributed by atoms with Crippen molar-refractivity contribution >= 4 is 6.09 Å². The summed E-state index contributed by atoms with van der Waals surface area (Å²) in [5.74, 6) is 2.98. The minimum absolute atomic E-state index is 0.00537. The summed E-state index contributed by atoms with van der Waals surface area (Å²) in [4.78, 5) is 12.0. The lowest BCUT2D eigenvalue weighted by molar-refractivity contribution is -0.475. The minimum Gasteiger partial charge on any atom is -0.444 e. The number of carbonyl (C=O) groups is 1. The van der Waals surface area contributed by atoms with E-state index in [9.17, 15) is 9.90 Å². The average molecular weight is 265 g/mol. The molecule has 4 aliphatic carbocycles. The molecule has 4 nitrogen and oxygen atoms in total. The van der Waals surface area contributed by atoms with Crippen LogP contribution in [0.5, 0.6) is 0 Å². The van der Waals surface area contributed by atoms with Crippen LogP contribution in [0.2, 0.25) is 0 Å². The van der Waals surface area contributed by atoms with Crippen molar-refractivity contribution < 1.29 is 14.6 Å². The molecular formula is C15H23NO3. The molecule has 1 amide bonds. The Morgan fingerprint density at radius 2 is 2.05 bits per heavy atom. The lowest BCUT2D eigenvalue weighted by atomic mass is 9.09. The monoisotopic (exact) mass is 265 g/mol. The first-order chi connectivity index (χ1) is 8.78. The molecule has 4 aliphatic rings. The number of fused-ring (bicyclic) bond motifs is 2. The maximum Gasteiger partial charge on any atom is 0.408 e. The summed E-state index contributed by atoms with van der Waals surface area (Å²) in [5, 5.41) is 12.8. The van der Waals surface area contributed by atoms with E-state index in [-0.39, 0.29) is 17.0 Å². The topological polar surface area (TPSA) is 58.6 Å². The van der Waals surface area contributed by atoms with E-state index in [0.29, 0.717) is 36.2 Å². The van der Waals surface area contributed by atoms with Gasteiger partial charge in [0.2, 0.25) is 0 Å². The second kappa shape index (κ2) is 2.95. The van der Waals surface area contributed by atoms with Gasteiger partial charge in [-0.05, 0) is 56.8 Å². The van der Waals surface area contributed by atoms with Crippen LogP contribution in [0.3, 0.4) is 0 Å². The van der Waals surface area contributed by atoms with Gasteiger partial charge in [0.05, 0.1) is 5.54 Å². The quantitative estimate of drug-likeness (QED) is 0.800. The van der Waals surface area contributed by atoms with Crippen molar-refractivity contribution in [1.82, 2.24) is 5.32 Å². The fraction of sp³-hybridized carbons (Fsp3) is 0.933. The number of rotatable bonds is 2. The molecule has 7 unspecified atom stereocenters. The van der Waals surface area contributed by atoms with Crippen LogP contribution < -0.4 is 5.32 Å². The molecule has 7 atom stereocenters. The third-order valence-corrected chi connectivity index (χ3v) is 6.60. The van der Waals surface area contributed by atoms with E-state index in [2.05, 4.69) is 12.2 Å². The smallest absolute Gasteiger partial charge is 0.408 e. The molecule has 0 aliphatic heterocycles. The Morgan fingerprint density at radius 1 is 1.37 bits per heavy atom. The number of hydrogen-bond donors (Lipinski definition) is 2. The molecule has 0 aromatic heterocycles. The Morgan fingerprint density at radius 3 is 2.47 bits per heavy atom. The molecule has 106 valence electrons. The number of carbonyl (C=O) groups excluding carboxylic acids is 1. The Bertz CT molecular complexity index is 453. The highest BCUT2D eigenvalue weighted by molar-refractivity contribution is 5.71. The molecule has 4 rings (SSSR count). The first-order valence-corrected chi connectivity index (χ1v) is 7.40. The number of ether oxygens (including phenoxy) is 1. The van der Waals surface area contributed by atoms with Crippen LogP contribution in [-0.4, -0.2) is 28.9 Å². The number of hydrogen-bond acceptors (Lipinski definition) is 3. The van der Waals surface area contributed by atoms with Crippen LogP contribution in [0, 0.1) is 35.0 Å². The van der Waals surface area contributed by atoms with E-state index in [1.807, 2.05) is 20.8 Å². The van der Waals surface area contributed by atoms with E-state index in [4.69, 9.17) is 4.74 Å². The van der Waals surface area contributed by atoms with Crippen molar-refractivity contribution in [2.45, 2.75) is 45.3 Å². The molecule has 2 N–H and O–H groups in total. The fourth-order valence-corrected chi connectivity index (χ4v) is 6.20. The van der Waals surface area contributed by atoms with Gasteiger partial charge in [0.1, 0.15) is 5.60 Å². The van der Waals surface area contributed by atoms with E-state index in [1.165, 1.54) is 0 Å². The highest BCUT2D eigenvalue weighted by Gasteiger charge is 2.95. The van der Waals surface area contributed by atoms with Crippen LogP contribution in [-0.2, 0) is 4.74 Å². The highest BCUT2D eigenvalue weighted by Crippen LogP contribution is 2.92. The Labute approximate surface area is 113 Å². The molecule has 0 aromatic carbocycles. The number of amides is 1. The van der Waals surface area contributed by atoms with Gasteiger partial charge < -0.3 is 15.2 Å². The molecular weight excluding hydrogens is 242 g/mol. The van der Waals surface area contributed by atoms with Crippen LogP contribution in [0.4, 0.5) is 4.79 Å².